The van der Waals surface area contributed by atoms with Crippen LogP contribution in [0, 0.1) is 5.92 Å². The highest BCUT2D eigenvalue weighted by Gasteiger charge is 2.60. The van der Waals surface area contributed by atoms with Crippen LogP contribution >= 0.6 is 0 Å². The second-order valence-electron chi connectivity index (χ2n) is 10.3. The highest BCUT2D eigenvalue weighted by molar-refractivity contribution is 5.51. The Kier molecular flexibility index (Phi) is 5.51. The van der Waals surface area contributed by atoms with Crippen molar-refractivity contribution in [1.29, 1.82) is 0 Å². The second kappa shape index (κ2) is 7.68. The number of rotatable bonds is 10. The first kappa shape index (κ1) is 20.8. The lowest BCUT2D eigenvalue weighted by atomic mass is 9.58. The molecule has 0 aliphatic heterocycles. The van der Waals surface area contributed by atoms with Crippen molar-refractivity contribution in [1.82, 2.24) is 14.7 Å². The van der Waals surface area contributed by atoms with E-state index in [2.05, 4.69) is 66.2 Å². The maximum atomic E-state index is 12.2. The third-order valence-corrected chi connectivity index (χ3v) is 7.71. The molecule has 3 aliphatic carbocycles. The van der Waals surface area contributed by atoms with Gasteiger partial charge in [-0.05, 0) is 77.6 Å². The molecule has 0 saturated heterocycles. The molecule has 29 heavy (non-hydrogen) atoms. The van der Waals surface area contributed by atoms with Crippen LogP contribution in [0.1, 0.15) is 50.5 Å². The van der Waals surface area contributed by atoms with Crippen molar-refractivity contribution in [2.75, 3.05) is 40.8 Å². The molecule has 0 atom stereocenters. The maximum absolute atomic E-state index is 12.2. The summed E-state index contributed by atoms with van der Waals surface area (Å²) >= 11 is 0. The Bertz CT molecular complexity index is 706. The molecule has 5 heteroatoms. The van der Waals surface area contributed by atoms with Gasteiger partial charge >= 0.3 is 0 Å². The van der Waals surface area contributed by atoms with Crippen LogP contribution in [0.5, 0.6) is 0 Å². The van der Waals surface area contributed by atoms with Crippen molar-refractivity contribution in [2.24, 2.45) is 5.92 Å². The van der Waals surface area contributed by atoms with Crippen LogP contribution < -0.4 is 0 Å². The molecule has 0 spiro atoms. The van der Waals surface area contributed by atoms with E-state index in [1.807, 2.05) is 0 Å². The number of hydrogen-bond donors (Lipinski definition) is 1. The molecular formula is C24H37N3O2. The van der Waals surface area contributed by atoms with Gasteiger partial charge < -0.3 is 14.9 Å². The second-order valence-corrected chi connectivity index (χ2v) is 10.3. The third-order valence-electron chi connectivity index (χ3n) is 7.71. The van der Waals surface area contributed by atoms with E-state index in [4.69, 9.17) is 0 Å². The number of hydrogen-bond acceptors (Lipinski definition) is 4. The smallest absolute Gasteiger partial charge is 0.210 e. The fourth-order valence-corrected chi connectivity index (χ4v) is 5.70. The van der Waals surface area contributed by atoms with Crippen molar-refractivity contribution >= 4 is 6.41 Å². The summed E-state index contributed by atoms with van der Waals surface area (Å²) in [5, 5.41) is 10.7. The largest absolute Gasteiger partial charge is 0.389 e. The van der Waals surface area contributed by atoms with Gasteiger partial charge in [0.25, 0.3) is 0 Å². The summed E-state index contributed by atoms with van der Waals surface area (Å²) in [6, 6.07) is 10.7. The first-order valence-corrected chi connectivity index (χ1v) is 11.2. The summed E-state index contributed by atoms with van der Waals surface area (Å²) in [6.07, 6.45) is 8.37. The zero-order chi connectivity index (χ0) is 20.7. The molecule has 4 rings (SSSR count). The minimum absolute atomic E-state index is 0.0414. The van der Waals surface area contributed by atoms with Crippen LogP contribution in [-0.2, 0) is 10.3 Å². The Morgan fingerprint density at radius 2 is 1.72 bits per heavy atom. The Morgan fingerprint density at radius 1 is 1.07 bits per heavy atom. The molecule has 0 bridgehead atoms. The highest BCUT2D eigenvalue weighted by atomic mass is 16.3. The minimum atomic E-state index is -0.528. The monoisotopic (exact) mass is 399 g/mol. The minimum Gasteiger partial charge on any atom is -0.389 e. The van der Waals surface area contributed by atoms with E-state index in [0.717, 1.165) is 51.6 Å². The van der Waals surface area contributed by atoms with Gasteiger partial charge in [0.1, 0.15) is 0 Å². The van der Waals surface area contributed by atoms with Crippen LogP contribution in [-0.4, -0.2) is 78.1 Å². The van der Waals surface area contributed by atoms with Gasteiger partial charge in [0.2, 0.25) is 6.41 Å². The summed E-state index contributed by atoms with van der Waals surface area (Å²) in [4.78, 5) is 18.9. The van der Waals surface area contributed by atoms with Crippen LogP contribution in [0.25, 0.3) is 0 Å². The van der Waals surface area contributed by atoms with Gasteiger partial charge in [-0.1, -0.05) is 30.3 Å². The average Bonchev–Trinajstić information content (AvgIpc) is 3.45. The summed E-state index contributed by atoms with van der Waals surface area (Å²) in [5.41, 5.74) is 0.595. The molecule has 0 heterocycles. The van der Waals surface area contributed by atoms with E-state index < -0.39 is 5.60 Å². The summed E-state index contributed by atoms with van der Waals surface area (Å²) in [6.45, 7) is 2.40. The number of carbonyl (C=O) groups excluding carboxylic acids is 1. The lowest BCUT2D eigenvalue weighted by Gasteiger charge is -2.63. The molecule has 160 valence electrons. The van der Waals surface area contributed by atoms with Gasteiger partial charge in [0.15, 0.2) is 0 Å². The first-order chi connectivity index (χ1) is 13.8. The van der Waals surface area contributed by atoms with E-state index in [9.17, 15) is 9.90 Å². The lowest BCUT2D eigenvalue weighted by Crippen LogP contribution is -2.71. The molecule has 0 aromatic heterocycles. The normalized spacial score (nSPS) is 30.7. The molecule has 3 aliphatic rings. The predicted molar refractivity (Wildman–Crippen MR) is 116 cm³/mol. The van der Waals surface area contributed by atoms with Gasteiger partial charge in [-0.2, -0.15) is 0 Å². The van der Waals surface area contributed by atoms with Gasteiger partial charge in [-0.15, -0.1) is 0 Å². The number of aliphatic hydroxyl groups is 1. The SMILES string of the molecule is CN(CC1(O)CCC1)CC1(N(C=O)CC2CC2)CC(c2ccccc2)(N(C)C)C1. The predicted octanol–water partition coefficient (Wildman–Crippen LogP) is 2.69. The zero-order valence-corrected chi connectivity index (χ0v) is 18.3. The van der Waals surface area contributed by atoms with Crippen molar-refractivity contribution in [2.45, 2.75) is 61.6 Å². The number of nitrogens with zero attached hydrogens (tertiary/aromatic N) is 3. The first-order valence-electron chi connectivity index (χ1n) is 11.2. The summed E-state index contributed by atoms with van der Waals surface area (Å²) in [5.74, 6) is 0.671. The molecule has 0 unspecified atom stereocenters. The number of amides is 1. The Labute approximate surface area is 175 Å². The van der Waals surface area contributed by atoms with E-state index >= 15 is 0 Å². The zero-order valence-electron chi connectivity index (χ0n) is 18.3. The van der Waals surface area contributed by atoms with Crippen LogP contribution in [0.4, 0.5) is 0 Å². The van der Waals surface area contributed by atoms with Crippen LogP contribution in [0.15, 0.2) is 30.3 Å². The molecule has 5 nitrogen and oxygen atoms in total. The summed E-state index contributed by atoms with van der Waals surface area (Å²) in [7, 11) is 6.42. The number of likely N-dealkylation sites (N-methyl/N-ethyl adjacent to an activating group) is 1. The molecule has 0 radical (unpaired) electrons. The van der Waals surface area contributed by atoms with Crippen molar-refractivity contribution in [3.8, 4) is 0 Å². The van der Waals surface area contributed by atoms with E-state index in [1.165, 1.54) is 18.4 Å². The molecular weight excluding hydrogens is 362 g/mol. The molecule has 3 fully saturated rings. The van der Waals surface area contributed by atoms with Crippen molar-refractivity contribution < 1.29 is 9.90 Å². The molecule has 3 saturated carbocycles. The highest BCUT2D eigenvalue weighted by Crippen LogP contribution is 2.55. The number of carbonyl (C=O) groups is 1. The standard InChI is InChI=1S/C24H37N3O2/c1-25(2)24(21-8-5-4-6-9-21)15-22(16-24,27(19-28)14-20-10-11-20)17-26(3)18-23(29)12-7-13-23/h4-6,8-9,19-20,29H,7,10-18H2,1-3H3. The molecule has 1 amide bonds. The summed E-state index contributed by atoms with van der Waals surface area (Å²) < 4.78 is 0. The van der Waals surface area contributed by atoms with Gasteiger partial charge in [-0.25, -0.2) is 0 Å². The van der Waals surface area contributed by atoms with Crippen molar-refractivity contribution in [3.05, 3.63) is 35.9 Å². The van der Waals surface area contributed by atoms with E-state index in [0.29, 0.717) is 12.5 Å². The average molecular weight is 400 g/mol. The fraction of sp³-hybridized carbons (Fsp3) is 0.708. The van der Waals surface area contributed by atoms with Crippen LogP contribution in [0.3, 0.4) is 0 Å². The topological polar surface area (TPSA) is 47.0 Å². The molecule has 1 aromatic rings. The van der Waals surface area contributed by atoms with Gasteiger partial charge in [0.05, 0.1) is 16.7 Å². The fourth-order valence-electron chi connectivity index (χ4n) is 5.70. The number of benzene rings is 1. The Morgan fingerprint density at radius 3 is 2.21 bits per heavy atom. The van der Waals surface area contributed by atoms with Gasteiger partial charge in [-0.3, -0.25) is 9.69 Å². The quantitative estimate of drug-likeness (QED) is 0.615. The lowest BCUT2D eigenvalue weighted by molar-refractivity contribution is -0.148. The third kappa shape index (κ3) is 3.97. The molecule has 1 N–H and O–H groups in total. The van der Waals surface area contributed by atoms with Crippen molar-refractivity contribution in [3.63, 3.8) is 0 Å². The maximum Gasteiger partial charge on any atom is 0.210 e. The Balaban J connectivity index is 1.57. The van der Waals surface area contributed by atoms with E-state index in [-0.39, 0.29) is 11.1 Å². The van der Waals surface area contributed by atoms with Crippen LogP contribution in [0.2, 0.25) is 0 Å². The molecule has 1 aromatic carbocycles. The van der Waals surface area contributed by atoms with E-state index in [1.54, 1.807) is 0 Å². The van der Waals surface area contributed by atoms with Gasteiger partial charge in [0, 0.05) is 19.6 Å². The Hall–Kier alpha value is -1.43.